The summed E-state index contributed by atoms with van der Waals surface area (Å²) in [4.78, 5) is 11.5. The Morgan fingerprint density at radius 3 is 2.15 bits per heavy atom. The first-order valence-corrected chi connectivity index (χ1v) is 9.18. The number of ether oxygens (including phenoxy) is 2. The highest BCUT2D eigenvalue weighted by atomic mass is 16.5. The van der Waals surface area contributed by atoms with E-state index in [0.717, 1.165) is 5.75 Å². The lowest BCUT2D eigenvalue weighted by Crippen LogP contribution is -2.33. The number of fused-ring (bicyclic) bond motifs is 1. The highest BCUT2D eigenvalue weighted by Gasteiger charge is 2.36. The Kier molecular flexibility index (Phi) is 4.83. The summed E-state index contributed by atoms with van der Waals surface area (Å²) in [7, 11) is 1.38. The molecular formula is C23H28O3. The Bertz CT molecular complexity index is 801. The molecule has 0 amide bonds. The molecule has 0 bridgehead atoms. The first-order valence-electron chi connectivity index (χ1n) is 9.18. The van der Waals surface area contributed by atoms with E-state index in [0.29, 0.717) is 12.2 Å². The summed E-state index contributed by atoms with van der Waals surface area (Å²) in [5, 5.41) is 0. The van der Waals surface area contributed by atoms with Crippen molar-refractivity contribution in [2.45, 2.75) is 58.0 Å². The Morgan fingerprint density at radius 2 is 1.54 bits per heavy atom. The van der Waals surface area contributed by atoms with E-state index in [1.54, 1.807) is 24.3 Å². The minimum Gasteiger partial charge on any atom is -0.489 e. The van der Waals surface area contributed by atoms with Crippen LogP contribution in [-0.4, -0.2) is 13.1 Å². The van der Waals surface area contributed by atoms with Crippen LogP contribution in [0, 0.1) is 0 Å². The third-order valence-corrected chi connectivity index (χ3v) is 5.60. The predicted molar refractivity (Wildman–Crippen MR) is 104 cm³/mol. The number of rotatable bonds is 4. The lowest BCUT2D eigenvalue weighted by atomic mass is 9.63. The highest BCUT2D eigenvalue weighted by Crippen LogP contribution is 2.45. The zero-order valence-electron chi connectivity index (χ0n) is 16.4. The van der Waals surface area contributed by atoms with Gasteiger partial charge in [-0.3, -0.25) is 0 Å². The van der Waals surface area contributed by atoms with Gasteiger partial charge in [0, 0.05) is 0 Å². The van der Waals surface area contributed by atoms with Crippen LogP contribution < -0.4 is 4.74 Å². The van der Waals surface area contributed by atoms with Gasteiger partial charge in [0.1, 0.15) is 12.4 Å². The van der Waals surface area contributed by atoms with Gasteiger partial charge in [-0.25, -0.2) is 4.79 Å². The average molecular weight is 352 g/mol. The van der Waals surface area contributed by atoms with Crippen LogP contribution in [-0.2, 0) is 22.2 Å². The van der Waals surface area contributed by atoms with Crippen LogP contribution in [0.5, 0.6) is 5.75 Å². The number of carbonyl (C=O) groups excluding carboxylic acids is 1. The third kappa shape index (κ3) is 3.62. The standard InChI is InChI=1S/C23H28O3/c1-22(2)12-13-23(3,4)20-14-16(6-11-19(20)22)15-26-18-9-7-17(8-10-18)21(24)25-5/h6-11,14H,12-13,15H2,1-5H3. The molecule has 0 heterocycles. The zero-order chi connectivity index (χ0) is 18.9. The van der Waals surface area contributed by atoms with Crippen molar-refractivity contribution in [3.63, 3.8) is 0 Å². The van der Waals surface area contributed by atoms with Crippen molar-refractivity contribution in [1.82, 2.24) is 0 Å². The molecule has 0 saturated carbocycles. The lowest BCUT2D eigenvalue weighted by molar-refractivity contribution is 0.0600. The Morgan fingerprint density at radius 1 is 0.923 bits per heavy atom. The van der Waals surface area contributed by atoms with Gasteiger partial charge < -0.3 is 9.47 Å². The van der Waals surface area contributed by atoms with E-state index >= 15 is 0 Å². The molecule has 3 heteroatoms. The van der Waals surface area contributed by atoms with Crippen molar-refractivity contribution in [2.75, 3.05) is 7.11 Å². The van der Waals surface area contributed by atoms with E-state index in [2.05, 4.69) is 45.9 Å². The van der Waals surface area contributed by atoms with Crippen molar-refractivity contribution in [1.29, 1.82) is 0 Å². The first-order chi connectivity index (χ1) is 12.2. The van der Waals surface area contributed by atoms with Gasteiger partial charge in [0.25, 0.3) is 0 Å². The van der Waals surface area contributed by atoms with E-state index < -0.39 is 0 Å². The molecule has 0 spiro atoms. The van der Waals surface area contributed by atoms with Gasteiger partial charge in [-0.15, -0.1) is 0 Å². The minimum absolute atomic E-state index is 0.197. The van der Waals surface area contributed by atoms with Gasteiger partial charge in [-0.1, -0.05) is 45.9 Å². The van der Waals surface area contributed by atoms with Gasteiger partial charge in [0.15, 0.2) is 0 Å². The monoisotopic (exact) mass is 352 g/mol. The maximum atomic E-state index is 11.5. The molecule has 0 radical (unpaired) electrons. The summed E-state index contributed by atoms with van der Waals surface area (Å²) in [5.74, 6) is 0.408. The van der Waals surface area contributed by atoms with E-state index in [1.165, 1.54) is 36.6 Å². The summed E-state index contributed by atoms with van der Waals surface area (Å²) in [6.07, 6.45) is 2.42. The maximum absolute atomic E-state index is 11.5. The molecule has 0 aliphatic heterocycles. The molecule has 26 heavy (non-hydrogen) atoms. The van der Waals surface area contributed by atoms with Crippen LogP contribution in [0.15, 0.2) is 42.5 Å². The average Bonchev–Trinajstić information content (AvgIpc) is 2.63. The van der Waals surface area contributed by atoms with Crippen LogP contribution in [0.1, 0.15) is 67.6 Å². The Balaban J connectivity index is 1.76. The lowest BCUT2D eigenvalue weighted by Gasteiger charge is -2.42. The van der Waals surface area contributed by atoms with Crippen molar-refractivity contribution in [3.05, 3.63) is 64.7 Å². The molecule has 1 aliphatic carbocycles. The summed E-state index contributed by atoms with van der Waals surface area (Å²) >= 11 is 0. The summed E-state index contributed by atoms with van der Waals surface area (Å²) in [6.45, 7) is 9.84. The third-order valence-electron chi connectivity index (χ3n) is 5.60. The molecule has 2 aromatic carbocycles. The SMILES string of the molecule is COC(=O)c1ccc(OCc2ccc3c(c2)C(C)(C)CCC3(C)C)cc1. The molecule has 0 N–H and O–H groups in total. The molecule has 1 aliphatic rings. The second kappa shape index (κ2) is 6.79. The number of hydrogen-bond acceptors (Lipinski definition) is 3. The molecular weight excluding hydrogens is 324 g/mol. The smallest absolute Gasteiger partial charge is 0.337 e. The molecule has 0 atom stereocenters. The van der Waals surface area contributed by atoms with Gasteiger partial charge in [0.2, 0.25) is 0 Å². The van der Waals surface area contributed by atoms with E-state index in [9.17, 15) is 4.79 Å². The fourth-order valence-electron chi connectivity index (χ4n) is 3.70. The van der Waals surface area contributed by atoms with E-state index in [-0.39, 0.29) is 16.8 Å². The number of benzene rings is 2. The molecule has 3 nitrogen and oxygen atoms in total. The first kappa shape index (κ1) is 18.5. The largest absolute Gasteiger partial charge is 0.489 e. The summed E-state index contributed by atoms with van der Waals surface area (Å²) in [5.41, 5.74) is 5.02. The van der Waals surface area contributed by atoms with Crippen LogP contribution in [0.3, 0.4) is 0 Å². The van der Waals surface area contributed by atoms with E-state index in [1.807, 2.05) is 0 Å². The number of carbonyl (C=O) groups is 1. The maximum Gasteiger partial charge on any atom is 0.337 e. The minimum atomic E-state index is -0.337. The fourth-order valence-corrected chi connectivity index (χ4v) is 3.70. The van der Waals surface area contributed by atoms with Gasteiger partial charge >= 0.3 is 5.97 Å². The van der Waals surface area contributed by atoms with Crippen LogP contribution in [0.2, 0.25) is 0 Å². The molecule has 3 rings (SSSR count). The van der Waals surface area contributed by atoms with Crippen molar-refractivity contribution >= 4 is 5.97 Å². The van der Waals surface area contributed by atoms with Gasteiger partial charge in [0.05, 0.1) is 12.7 Å². The van der Waals surface area contributed by atoms with Crippen molar-refractivity contribution in [3.8, 4) is 5.75 Å². The fraction of sp³-hybridized carbons (Fsp3) is 0.435. The van der Waals surface area contributed by atoms with Crippen LogP contribution in [0.25, 0.3) is 0 Å². The quantitative estimate of drug-likeness (QED) is 0.691. The molecule has 138 valence electrons. The van der Waals surface area contributed by atoms with Crippen molar-refractivity contribution < 1.29 is 14.3 Å². The topological polar surface area (TPSA) is 35.5 Å². The molecule has 0 saturated heterocycles. The number of methoxy groups -OCH3 is 1. The normalized spacial score (nSPS) is 17.3. The molecule has 0 aromatic heterocycles. The predicted octanol–water partition coefficient (Wildman–Crippen LogP) is 5.40. The summed E-state index contributed by atoms with van der Waals surface area (Å²) in [6, 6.07) is 13.8. The number of esters is 1. The molecule has 2 aromatic rings. The second-order valence-corrected chi connectivity index (χ2v) is 8.45. The second-order valence-electron chi connectivity index (χ2n) is 8.45. The van der Waals surface area contributed by atoms with Gasteiger partial charge in [-0.05, 0) is 64.6 Å². The number of hydrogen-bond donors (Lipinski definition) is 0. The van der Waals surface area contributed by atoms with E-state index in [4.69, 9.17) is 9.47 Å². The van der Waals surface area contributed by atoms with Crippen molar-refractivity contribution in [2.24, 2.45) is 0 Å². The van der Waals surface area contributed by atoms with Gasteiger partial charge in [-0.2, -0.15) is 0 Å². The molecule has 0 fully saturated rings. The Labute approximate surface area is 156 Å². The molecule has 0 unspecified atom stereocenters. The zero-order valence-corrected chi connectivity index (χ0v) is 16.4. The Hall–Kier alpha value is -2.29. The van der Waals surface area contributed by atoms with Crippen LogP contribution >= 0.6 is 0 Å². The van der Waals surface area contributed by atoms with Crippen LogP contribution in [0.4, 0.5) is 0 Å². The highest BCUT2D eigenvalue weighted by molar-refractivity contribution is 5.89. The summed E-state index contributed by atoms with van der Waals surface area (Å²) < 4.78 is 10.6.